The summed E-state index contributed by atoms with van der Waals surface area (Å²) in [6.45, 7) is 5.85. The summed E-state index contributed by atoms with van der Waals surface area (Å²) in [5, 5.41) is 2.51. The lowest BCUT2D eigenvalue weighted by atomic mass is 10.1. The molecule has 2 aromatic carbocycles. The van der Waals surface area contributed by atoms with Crippen LogP contribution in [-0.2, 0) is 17.7 Å². The molecule has 2 aromatic heterocycles. The minimum Gasteiger partial charge on any atom is -0.444 e. The van der Waals surface area contributed by atoms with Gasteiger partial charge in [0.1, 0.15) is 23.3 Å². The van der Waals surface area contributed by atoms with Crippen LogP contribution < -0.4 is 21.3 Å². The average Bonchev–Trinajstić information content (AvgIpc) is 3.84. The lowest BCUT2D eigenvalue weighted by Gasteiger charge is -2.30. The van der Waals surface area contributed by atoms with Gasteiger partial charge < -0.3 is 19.7 Å². The maximum Gasteiger partial charge on any atom is 0.410 e. The number of rotatable bonds is 6. The van der Waals surface area contributed by atoms with E-state index in [1.54, 1.807) is 20.8 Å². The molecule has 0 unspecified atom stereocenters. The number of nitrogens with one attached hydrogen (secondary N) is 1. The number of hydrogen-bond acceptors (Lipinski definition) is 8. The molecule has 238 valence electrons. The third-order valence-electron chi connectivity index (χ3n) is 7.40. The second-order valence-electron chi connectivity index (χ2n) is 12.0. The third-order valence-corrected chi connectivity index (χ3v) is 7.40. The van der Waals surface area contributed by atoms with Crippen LogP contribution in [-0.4, -0.2) is 48.1 Å². The predicted molar refractivity (Wildman–Crippen MR) is 161 cm³/mol. The highest BCUT2D eigenvalue weighted by molar-refractivity contribution is 6.03. The normalized spacial score (nSPS) is 14.4. The second-order valence-corrected chi connectivity index (χ2v) is 12.0. The number of amides is 2. The molecule has 0 spiro atoms. The van der Waals surface area contributed by atoms with Crippen LogP contribution >= 0.6 is 0 Å². The summed E-state index contributed by atoms with van der Waals surface area (Å²) in [4.78, 5) is 62.2. The molecule has 6 rings (SSSR count). The molecule has 2 amide bonds. The van der Waals surface area contributed by atoms with Gasteiger partial charge in [-0.25, -0.2) is 32.9 Å². The van der Waals surface area contributed by atoms with E-state index in [0.717, 1.165) is 22.8 Å². The van der Waals surface area contributed by atoms with E-state index in [0.29, 0.717) is 37.1 Å². The maximum atomic E-state index is 15.2. The van der Waals surface area contributed by atoms with E-state index < -0.39 is 40.5 Å². The topological polar surface area (TPSA) is 138 Å². The quantitative estimate of drug-likeness (QED) is 0.322. The van der Waals surface area contributed by atoms with Gasteiger partial charge in [0.2, 0.25) is 5.88 Å². The van der Waals surface area contributed by atoms with Crippen molar-refractivity contribution in [1.29, 1.82) is 0 Å². The molecule has 4 aromatic rings. The van der Waals surface area contributed by atoms with Crippen LogP contribution in [0.5, 0.6) is 11.6 Å². The number of anilines is 1. The first-order chi connectivity index (χ1) is 21.9. The molecule has 1 fully saturated rings. The molecule has 0 bridgehead atoms. The molecule has 1 aliphatic heterocycles. The molecule has 3 heterocycles. The monoisotopic (exact) mass is 632 g/mol. The molecule has 1 N–H and O–H groups in total. The number of aromatic nitrogens is 4. The van der Waals surface area contributed by atoms with Gasteiger partial charge in [0.15, 0.2) is 11.6 Å². The first-order valence-electron chi connectivity index (χ1n) is 14.6. The third kappa shape index (κ3) is 6.36. The molecule has 1 saturated carbocycles. The van der Waals surface area contributed by atoms with Gasteiger partial charge in [-0.15, -0.1) is 0 Å². The number of nitrogens with zero attached hydrogens (tertiary/aromatic N) is 5. The zero-order valence-electron chi connectivity index (χ0n) is 25.3. The molecule has 12 nitrogen and oxygen atoms in total. The average molecular weight is 633 g/mol. The number of benzene rings is 2. The molecule has 0 atom stereocenters. The zero-order valence-corrected chi connectivity index (χ0v) is 25.3. The largest absolute Gasteiger partial charge is 0.444 e. The summed E-state index contributed by atoms with van der Waals surface area (Å²) in [5.41, 5.74) is -1.22. The fourth-order valence-corrected chi connectivity index (χ4v) is 5.02. The zero-order chi connectivity index (χ0) is 32.7. The van der Waals surface area contributed by atoms with Crippen LogP contribution in [0.4, 0.5) is 19.3 Å². The summed E-state index contributed by atoms with van der Waals surface area (Å²) in [5.74, 6) is -2.26. The Kier molecular flexibility index (Phi) is 7.88. The van der Waals surface area contributed by atoms with Crippen LogP contribution in [0.15, 0.2) is 64.6 Å². The van der Waals surface area contributed by atoms with Crippen molar-refractivity contribution < 1.29 is 27.8 Å². The Bertz CT molecular complexity index is 1960. The molecule has 14 heteroatoms. The van der Waals surface area contributed by atoms with E-state index in [2.05, 4.69) is 15.3 Å². The van der Waals surface area contributed by atoms with Crippen molar-refractivity contribution in [2.45, 2.75) is 58.2 Å². The fraction of sp³-hybridized carbons (Fsp3) is 0.312. The number of carbonyl (C=O) groups is 2. The van der Waals surface area contributed by atoms with Gasteiger partial charge in [-0.2, -0.15) is 0 Å². The van der Waals surface area contributed by atoms with Gasteiger partial charge in [-0.05, 0) is 76.4 Å². The smallest absolute Gasteiger partial charge is 0.410 e. The molecule has 2 aliphatic rings. The van der Waals surface area contributed by atoms with Crippen molar-refractivity contribution in [3.63, 3.8) is 0 Å². The summed E-state index contributed by atoms with van der Waals surface area (Å²) < 4.78 is 42.1. The Hall–Kier alpha value is -5.40. The van der Waals surface area contributed by atoms with Gasteiger partial charge in [0.25, 0.3) is 11.5 Å². The molecular weight excluding hydrogens is 602 g/mol. The highest BCUT2D eigenvalue weighted by Crippen LogP contribution is 2.34. The van der Waals surface area contributed by atoms with Gasteiger partial charge in [0, 0.05) is 36.1 Å². The van der Waals surface area contributed by atoms with Crippen molar-refractivity contribution in [2.75, 3.05) is 11.9 Å². The Morgan fingerprint density at radius 1 is 1.02 bits per heavy atom. The standard InChI is InChI=1S/C32H30F2N6O6/c1-32(2,3)46-31(44)38-13-12-22-25(16-38)35-17-36-28(22)45-26-11-6-19(14-24(26)34)37-27(41)23-15-39(20-9-10-20)30(43)40(29(23)42)21-7-4-18(33)5-8-21/h4-8,11,14-15,17,20H,9-10,12-13,16H2,1-3H3,(H,37,41). The predicted octanol–water partition coefficient (Wildman–Crippen LogP) is 4.74. The highest BCUT2D eigenvalue weighted by Gasteiger charge is 2.30. The lowest BCUT2D eigenvalue weighted by Crippen LogP contribution is -2.42. The van der Waals surface area contributed by atoms with E-state index in [1.165, 1.54) is 46.3 Å². The maximum absolute atomic E-state index is 15.2. The lowest BCUT2D eigenvalue weighted by molar-refractivity contribution is 0.0219. The van der Waals surface area contributed by atoms with E-state index in [4.69, 9.17) is 9.47 Å². The molecular formula is C32H30F2N6O6. The Labute approximate surface area is 261 Å². The van der Waals surface area contributed by atoms with Crippen LogP contribution in [0.1, 0.15) is 61.3 Å². The van der Waals surface area contributed by atoms with Crippen molar-refractivity contribution >= 4 is 17.7 Å². The number of ether oxygens (including phenoxy) is 2. The van der Waals surface area contributed by atoms with Crippen molar-refractivity contribution in [3.8, 4) is 17.3 Å². The number of halogens is 2. The summed E-state index contributed by atoms with van der Waals surface area (Å²) in [6, 6.07) is 8.32. The number of hydrogen-bond donors (Lipinski definition) is 1. The van der Waals surface area contributed by atoms with Crippen LogP contribution in [0, 0.1) is 11.6 Å². The Balaban J connectivity index is 1.21. The Morgan fingerprint density at radius 2 is 1.76 bits per heavy atom. The first kappa shape index (κ1) is 30.6. The Morgan fingerprint density at radius 3 is 2.43 bits per heavy atom. The second kappa shape index (κ2) is 11.8. The van der Waals surface area contributed by atoms with E-state index in [9.17, 15) is 23.6 Å². The van der Waals surface area contributed by atoms with Crippen molar-refractivity contribution in [2.24, 2.45) is 0 Å². The van der Waals surface area contributed by atoms with Gasteiger partial charge >= 0.3 is 11.8 Å². The minimum atomic E-state index is -0.898. The van der Waals surface area contributed by atoms with E-state index in [-0.39, 0.29) is 41.2 Å². The van der Waals surface area contributed by atoms with Gasteiger partial charge in [-0.3, -0.25) is 14.2 Å². The van der Waals surface area contributed by atoms with Crippen LogP contribution in [0.2, 0.25) is 0 Å². The first-order valence-corrected chi connectivity index (χ1v) is 14.6. The molecule has 0 radical (unpaired) electrons. The van der Waals surface area contributed by atoms with E-state index in [1.807, 2.05) is 0 Å². The molecule has 0 saturated heterocycles. The molecule has 46 heavy (non-hydrogen) atoms. The SMILES string of the molecule is CC(C)(C)OC(=O)N1CCc2c(ncnc2Oc2ccc(NC(=O)c3cn(C4CC4)c(=O)n(-c4ccc(F)cc4)c3=O)cc2F)C1. The van der Waals surface area contributed by atoms with Gasteiger partial charge in [0.05, 0.1) is 17.9 Å². The van der Waals surface area contributed by atoms with Gasteiger partial charge in [-0.1, -0.05) is 0 Å². The summed E-state index contributed by atoms with van der Waals surface area (Å²) >= 11 is 0. The minimum absolute atomic E-state index is 0.0319. The number of carbonyl (C=O) groups excluding carboxylic acids is 2. The fourth-order valence-electron chi connectivity index (χ4n) is 5.02. The van der Waals surface area contributed by atoms with Crippen molar-refractivity contribution in [3.05, 3.63) is 104 Å². The molecule has 1 aliphatic carbocycles. The summed E-state index contributed by atoms with van der Waals surface area (Å²) in [7, 11) is 0. The summed E-state index contributed by atoms with van der Waals surface area (Å²) in [6.07, 6.45) is 3.76. The number of fused-ring (bicyclic) bond motifs is 1. The van der Waals surface area contributed by atoms with Crippen molar-refractivity contribution in [1.82, 2.24) is 24.0 Å². The van der Waals surface area contributed by atoms with E-state index >= 15 is 4.39 Å². The van der Waals surface area contributed by atoms with Crippen LogP contribution in [0.3, 0.4) is 0 Å². The van der Waals surface area contributed by atoms with Crippen LogP contribution in [0.25, 0.3) is 5.69 Å². The highest BCUT2D eigenvalue weighted by atomic mass is 19.1.